The van der Waals surface area contributed by atoms with E-state index in [4.69, 9.17) is 9.47 Å². The van der Waals surface area contributed by atoms with Crippen LogP contribution in [0.2, 0.25) is 0 Å². The molecular formula is C17H30O4. The van der Waals surface area contributed by atoms with Gasteiger partial charge < -0.3 is 14.2 Å². The molecule has 122 valence electrons. The Morgan fingerprint density at radius 1 is 1.10 bits per heavy atom. The zero-order chi connectivity index (χ0) is 16.5. The molecule has 4 heteroatoms. The highest BCUT2D eigenvalue weighted by Gasteiger charge is 2.04. The maximum Gasteiger partial charge on any atom is 0.338 e. The standard InChI is InChI=1S/C10H12O3.C3H8.C2H4O.C2H6/c1-3-13-10(11)8-4-6-9(12-2)7-5-8;1-3-2;1-2-3-1;1-2/h4-7H,3H2,1-2H3;3H2,1-2H3;1-2H2;1-2H3. The summed E-state index contributed by atoms with van der Waals surface area (Å²) in [6, 6.07) is 6.81. The number of hydrogen-bond donors (Lipinski definition) is 0. The number of rotatable bonds is 3. The van der Waals surface area contributed by atoms with Gasteiger partial charge in [-0.15, -0.1) is 0 Å². The van der Waals surface area contributed by atoms with Crippen LogP contribution < -0.4 is 4.74 Å². The molecule has 0 bridgehead atoms. The van der Waals surface area contributed by atoms with Gasteiger partial charge in [0.2, 0.25) is 0 Å². The Bertz CT molecular complexity index is 328. The van der Waals surface area contributed by atoms with Crippen LogP contribution in [0.25, 0.3) is 0 Å². The molecule has 1 aliphatic heterocycles. The topological polar surface area (TPSA) is 48.1 Å². The van der Waals surface area contributed by atoms with Gasteiger partial charge in [0.05, 0.1) is 32.5 Å². The molecule has 1 aromatic carbocycles. The molecule has 0 aromatic heterocycles. The highest BCUT2D eigenvalue weighted by Crippen LogP contribution is 2.11. The van der Waals surface area contributed by atoms with E-state index in [2.05, 4.69) is 18.6 Å². The molecule has 0 radical (unpaired) electrons. The van der Waals surface area contributed by atoms with Crippen molar-refractivity contribution in [1.29, 1.82) is 0 Å². The first kappa shape index (κ1) is 21.7. The summed E-state index contributed by atoms with van der Waals surface area (Å²) in [7, 11) is 1.58. The zero-order valence-corrected chi connectivity index (χ0v) is 14.3. The molecule has 0 spiro atoms. The van der Waals surface area contributed by atoms with Crippen LogP contribution >= 0.6 is 0 Å². The van der Waals surface area contributed by atoms with Crippen LogP contribution in [0.5, 0.6) is 5.75 Å². The van der Waals surface area contributed by atoms with Crippen molar-refractivity contribution in [3.8, 4) is 5.75 Å². The summed E-state index contributed by atoms with van der Waals surface area (Å²) in [6.45, 7) is 12.4. The minimum absolute atomic E-state index is 0.301. The van der Waals surface area contributed by atoms with Crippen molar-refractivity contribution in [1.82, 2.24) is 0 Å². The van der Waals surface area contributed by atoms with Gasteiger partial charge in [-0.3, -0.25) is 0 Å². The number of methoxy groups -OCH3 is 1. The van der Waals surface area contributed by atoms with E-state index in [-0.39, 0.29) is 5.97 Å². The Morgan fingerprint density at radius 2 is 1.52 bits per heavy atom. The molecule has 0 atom stereocenters. The minimum Gasteiger partial charge on any atom is -0.497 e. The van der Waals surface area contributed by atoms with Crippen molar-refractivity contribution in [2.45, 2.75) is 41.0 Å². The fourth-order valence-corrected chi connectivity index (χ4v) is 0.942. The first-order valence-corrected chi connectivity index (χ1v) is 7.58. The molecule has 0 amide bonds. The van der Waals surface area contributed by atoms with Crippen molar-refractivity contribution in [3.05, 3.63) is 29.8 Å². The summed E-state index contributed by atoms with van der Waals surface area (Å²) in [5, 5.41) is 0. The number of hydrogen-bond acceptors (Lipinski definition) is 4. The number of benzene rings is 1. The van der Waals surface area contributed by atoms with Crippen LogP contribution in [0, 0.1) is 0 Å². The molecule has 0 saturated carbocycles. The molecule has 1 saturated heterocycles. The van der Waals surface area contributed by atoms with Gasteiger partial charge in [-0.2, -0.15) is 0 Å². The third-order valence-electron chi connectivity index (χ3n) is 1.81. The average molecular weight is 298 g/mol. The van der Waals surface area contributed by atoms with Crippen molar-refractivity contribution in [2.75, 3.05) is 26.9 Å². The second-order valence-electron chi connectivity index (χ2n) is 3.77. The maximum atomic E-state index is 11.2. The summed E-state index contributed by atoms with van der Waals surface area (Å²) in [6.07, 6.45) is 1.25. The van der Waals surface area contributed by atoms with Gasteiger partial charge in [0.15, 0.2) is 0 Å². The van der Waals surface area contributed by atoms with E-state index in [1.807, 2.05) is 13.8 Å². The third-order valence-corrected chi connectivity index (χ3v) is 1.81. The van der Waals surface area contributed by atoms with E-state index < -0.39 is 0 Å². The van der Waals surface area contributed by atoms with E-state index in [1.54, 1.807) is 38.3 Å². The minimum atomic E-state index is -0.301. The number of ether oxygens (including phenoxy) is 3. The molecule has 1 aliphatic rings. The summed E-state index contributed by atoms with van der Waals surface area (Å²) in [5.74, 6) is 0.429. The molecule has 0 N–H and O–H groups in total. The van der Waals surface area contributed by atoms with Crippen molar-refractivity contribution in [2.24, 2.45) is 0 Å². The summed E-state index contributed by atoms with van der Waals surface area (Å²) in [4.78, 5) is 11.2. The predicted octanol–water partition coefficient (Wildman–Crippen LogP) is 4.33. The number of epoxide rings is 1. The van der Waals surface area contributed by atoms with E-state index in [9.17, 15) is 4.79 Å². The quantitative estimate of drug-likeness (QED) is 0.615. The number of carbonyl (C=O) groups excluding carboxylic acids is 1. The smallest absolute Gasteiger partial charge is 0.338 e. The monoisotopic (exact) mass is 298 g/mol. The molecule has 21 heavy (non-hydrogen) atoms. The highest BCUT2D eigenvalue weighted by atomic mass is 16.6. The van der Waals surface area contributed by atoms with Gasteiger partial charge >= 0.3 is 5.97 Å². The average Bonchev–Trinajstić information content (AvgIpc) is 3.39. The SMILES string of the molecule is C1CO1.CC.CCC.CCOC(=O)c1ccc(OC)cc1. The molecule has 1 aromatic rings. The Hall–Kier alpha value is -1.55. The fourth-order valence-electron chi connectivity index (χ4n) is 0.942. The van der Waals surface area contributed by atoms with E-state index in [0.29, 0.717) is 12.2 Å². The van der Waals surface area contributed by atoms with Crippen LogP contribution in [0.15, 0.2) is 24.3 Å². The van der Waals surface area contributed by atoms with Gasteiger partial charge in [-0.1, -0.05) is 34.1 Å². The van der Waals surface area contributed by atoms with E-state index in [1.165, 1.54) is 6.42 Å². The Morgan fingerprint density at radius 3 is 1.81 bits per heavy atom. The maximum absolute atomic E-state index is 11.2. The lowest BCUT2D eigenvalue weighted by Crippen LogP contribution is -2.03. The summed E-state index contributed by atoms with van der Waals surface area (Å²) < 4.78 is 14.3. The van der Waals surface area contributed by atoms with Crippen LogP contribution in [-0.4, -0.2) is 32.9 Å². The molecule has 0 unspecified atom stereocenters. The molecule has 2 rings (SSSR count). The van der Waals surface area contributed by atoms with Crippen molar-refractivity contribution in [3.63, 3.8) is 0 Å². The van der Waals surface area contributed by atoms with E-state index in [0.717, 1.165) is 19.0 Å². The lowest BCUT2D eigenvalue weighted by Gasteiger charge is -2.02. The van der Waals surface area contributed by atoms with Crippen LogP contribution in [0.4, 0.5) is 0 Å². The van der Waals surface area contributed by atoms with Crippen LogP contribution in [0.1, 0.15) is 51.4 Å². The van der Waals surface area contributed by atoms with Crippen molar-refractivity contribution < 1.29 is 19.0 Å². The largest absolute Gasteiger partial charge is 0.497 e. The Balaban J connectivity index is 0. The van der Waals surface area contributed by atoms with Crippen molar-refractivity contribution >= 4 is 5.97 Å². The first-order valence-electron chi connectivity index (χ1n) is 7.58. The lowest BCUT2D eigenvalue weighted by molar-refractivity contribution is 0.0526. The summed E-state index contributed by atoms with van der Waals surface area (Å²) >= 11 is 0. The lowest BCUT2D eigenvalue weighted by atomic mass is 10.2. The van der Waals surface area contributed by atoms with Crippen LogP contribution in [-0.2, 0) is 9.47 Å². The molecular weight excluding hydrogens is 268 g/mol. The van der Waals surface area contributed by atoms with Gasteiger partial charge in [0.1, 0.15) is 5.75 Å². The molecule has 0 aliphatic carbocycles. The Kier molecular flexibility index (Phi) is 17.1. The number of esters is 1. The molecule has 4 nitrogen and oxygen atoms in total. The second-order valence-corrected chi connectivity index (χ2v) is 3.77. The van der Waals surface area contributed by atoms with Gasteiger partial charge in [0, 0.05) is 0 Å². The van der Waals surface area contributed by atoms with Crippen LogP contribution in [0.3, 0.4) is 0 Å². The van der Waals surface area contributed by atoms with E-state index >= 15 is 0 Å². The number of carbonyl (C=O) groups is 1. The molecule has 1 fully saturated rings. The summed E-state index contributed by atoms with van der Waals surface area (Å²) in [5.41, 5.74) is 0.544. The Labute approximate surface area is 129 Å². The second kappa shape index (κ2) is 16.5. The van der Waals surface area contributed by atoms with Gasteiger partial charge in [0.25, 0.3) is 0 Å². The van der Waals surface area contributed by atoms with Gasteiger partial charge in [-0.25, -0.2) is 4.79 Å². The predicted molar refractivity (Wildman–Crippen MR) is 87.1 cm³/mol. The normalized spacial score (nSPS) is 10.4. The highest BCUT2D eigenvalue weighted by molar-refractivity contribution is 5.89. The fraction of sp³-hybridized carbons (Fsp3) is 0.588. The van der Waals surface area contributed by atoms with Gasteiger partial charge in [-0.05, 0) is 31.2 Å². The first-order chi connectivity index (χ1) is 10.2. The molecule has 1 heterocycles. The zero-order valence-electron chi connectivity index (χ0n) is 14.3. The third kappa shape index (κ3) is 14.7.